The first kappa shape index (κ1) is 12.6. The molecule has 2 atom stereocenters. The normalized spacial score (nSPS) is 29.0. The van der Waals surface area contributed by atoms with Crippen LogP contribution in [0.25, 0.3) is 0 Å². The van der Waals surface area contributed by atoms with Crippen LogP contribution in [0.1, 0.15) is 33.1 Å². The highest BCUT2D eigenvalue weighted by Gasteiger charge is 2.24. The molecule has 0 bridgehead atoms. The first-order chi connectivity index (χ1) is 8.06. The smallest absolute Gasteiger partial charge is 0.267 e. The summed E-state index contributed by atoms with van der Waals surface area (Å²) in [6, 6.07) is 0.416. The van der Waals surface area contributed by atoms with Crippen LogP contribution >= 0.6 is 15.9 Å². The molecule has 0 spiro atoms. The Morgan fingerprint density at radius 2 is 2.00 bits per heavy atom. The summed E-state index contributed by atoms with van der Waals surface area (Å²) in [5.74, 6) is 2.12. The highest BCUT2D eigenvalue weighted by molar-refractivity contribution is 9.10. The summed E-state index contributed by atoms with van der Waals surface area (Å²) in [7, 11) is 0. The van der Waals surface area contributed by atoms with E-state index in [1.807, 2.05) is 0 Å². The van der Waals surface area contributed by atoms with Crippen LogP contribution in [0.2, 0.25) is 0 Å². The van der Waals surface area contributed by atoms with Crippen LogP contribution in [-0.2, 0) is 0 Å². The summed E-state index contributed by atoms with van der Waals surface area (Å²) < 4.78 is 0.492. The molecule has 5 heteroatoms. The zero-order valence-electron chi connectivity index (χ0n) is 10.2. The highest BCUT2D eigenvalue weighted by atomic mass is 79.9. The fourth-order valence-electron chi connectivity index (χ4n) is 2.74. The number of nitrogens with zero attached hydrogens (tertiary/aromatic N) is 1. The largest absolute Gasteiger partial charge is 0.366 e. The summed E-state index contributed by atoms with van der Waals surface area (Å²) in [5, 5.41) is 3.37. The summed E-state index contributed by atoms with van der Waals surface area (Å²) in [6.07, 6.45) is 5.02. The van der Waals surface area contributed by atoms with Crippen LogP contribution in [0.5, 0.6) is 0 Å². The van der Waals surface area contributed by atoms with Crippen molar-refractivity contribution in [2.75, 3.05) is 5.32 Å². The number of anilines is 1. The molecular weight excluding hydrogens is 282 g/mol. The second-order valence-electron chi connectivity index (χ2n) is 5.15. The van der Waals surface area contributed by atoms with Crippen LogP contribution in [0.4, 0.5) is 5.82 Å². The van der Waals surface area contributed by atoms with E-state index in [1.165, 1.54) is 12.7 Å². The molecule has 2 N–H and O–H groups in total. The van der Waals surface area contributed by atoms with Crippen LogP contribution in [0.3, 0.4) is 0 Å². The molecule has 0 amide bonds. The van der Waals surface area contributed by atoms with E-state index in [-0.39, 0.29) is 5.56 Å². The number of nitrogens with one attached hydrogen (secondary N) is 2. The number of rotatable bonds is 2. The lowest BCUT2D eigenvalue weighted by Gasteiger charge is -2.32. The van der Waals surface area contributed by atoms with Crippen LogP contribution in [-0.4, -0.2) is 16.0 Å². The number of aromatic amines is 1. The molecule has 1 fully saturated rings. The van der Waals surface area contributed by atoms with E-state index in [1.54, 1.807) is 0 Å². The zero-order valence-corrected chi connectivity index (χ0v) is 11.8. The molecule has 17 heavy (non-hydrogen) atoms. The van der Waals surface area contributed by atoms with Gasteiger partial charge in [0.05, 0.1) is 6.33 Å². The van der Waals surface area contributed by atoms with Crippen LogP contribution in [0, 0.1) is 11.8 Å². The maximum absolute atomic E-state index is 11.4. The van der Waals surface area contributed by atoms with E-state index in [9.17, 15) is 4.79 Å². The van der Waals surface area contributed by atoms with Gasteiger partial charge in [0.25, 0.3) is 5.56 Å². The van der Waals surface area contributed by atoms with Crippen molar-refractivity contribution in [3.63, 3.8) is 0 Å². The van der Waals surface area contributed by atoms with E-state index in [2.05, 4.69) is 45.1 Å². The molecule has 1 aliphatic rings. The summed E-state index contributed by atoms with van der Waals surface area (Å²) in [5.41, 5.74) is -0.139. The van der Waals surface area contributed by atoms with Gasteiger partial charge >= 0.3 is 0 Å². The molecule has 0 saturated heterocycles. The molecule has 1 aliphatic carbocycles. The maximum Gasteiger partial charge on any atom is 0.267 e. The third kappa shape index (κ3) is 3.09. The van der Waals surface area contributed by atoms with E-state index in [4.69, 9.17) is 0 Å². The second kappa shape index (κ2) is 5.21. The van der Waals surface area contributed by atoms with E-state index < -0.39 is 0 Å². The Balaban J connectivity index is 2.10. The molecule has 2 unspecified atom stereocenters. The average Bonchev–Trinajstić information content (AvgIpc) is 2.23. The van der Waals surface area contributed by atoms with E-state index in [0.29, 0.717) is 16.3 Å². The molecule has 2 rings (SSSR count). The third-order valence-corrected chi connectivity index (χ3v) is 4.05. The van der Waals surface area contributed by atoms with Crippen molar-refractivity contribution < 1.29 is 0 Å². The predicted octanol–water partition coefficient (Wildman–Crippen LogP) is 2.77. The zero-order chi connectivity index (χ0) is 12.4. The van der Waals surface area contributed by atoms with Gasteiger partial charge in [0, 0.05) is 6.04 Å². The van der Waals surface area contributed by atoms with Crippen molar-refractivity contribution in [3.05, 3.63) is 21.2 Å². The van der Waals surface area contributed by atoms with Gasteiger partial charge in [-0.2, -0.15) is 0 Å². The Labute approximate surface area is 109 Å². The van der Waals surface area contributed by atoms with Crippen LogP contribution < -0.4 is 10.9 Å². The second-order valence-corrected chi connectivity index (χ2v) is 5.95. The summed E-state index contributed by atoms with van der Waals surface area (Å²) in [4.78, 5) is 18.1. The minimum atomic E-state index is -0.139. The van der Waals surface area contributed by atoms with E-state index in [0.717, 1.165) is 24.7 Å². The molecule has 4 nitrogen and oxygen atoms in total. The lowest BCUT2D eigenvalue weighted by molar-refractivity contribution is 0.280. The standard InChI is InChI=1S/C12H18BrN3O/c1-7-3-8(2)5-9(4-7)16-11-10(13)12(17)15-6-14-11/h6-9H,3-5H2,1-2H3,(H2,14,15,16,17). The molecule has 1 saturated carbocycles. The minimum absolute atomic E-state index is 0.139. The van der Waals surface area contributed by atoms with Crippen LogP contribution in [0.15, 0.2) is 15.6 Å². The molecule has 1 heterocycles. The summed E-state index contributed by atoms with van der Waals surface area (Å²) in [6.45, 7) is 4.56. The van der Waals surface area contributed by atoms with Gasteiger partial charge in [-0.15, -0.1) is 0 Å². The van der Waals surface area contributed by atoms with Gasteiger partial charge in [-0.25, -0.2) is 4.98 Å². The van der Waals surface area contributed by atoms with Crippen molar-refractivity contribution in [2.24, 2.45) is 11.8 Å². The Bertz CT molecular complexity index is 436. The Morgan fingerprint density at radius 3 is 2.65 bits per heavy atom. The Kier molecular flexibility index (Phi) is 3.86. The SMILES string of the molecule is CC1CC(C)CC(Nc2nc[nH]c(=O)c2Br)C1. The number of aromatic nitrogens is 2. The number of H-pyrrole nitrogens is 1. The topological polar surface area (TPSA) is 57.8 Å². The van der Waals surface area contributed by atoms with Gasteiger partial charge in [-0.05, 0) is 47.0 Å². The van der Waals surface area contributed by atoms with Crippen molar-refractivity contribution >= 4 is 21.7 Å². The number of hydrogen-bond acceptors (Lipinski definition) is 3. The van der Waals surface area contributed by atoms with Crippen molar-refractivity contribution in [1.29, 1.82) is 0 Å². The predicted molar refractivity (Wildman–Crippen MR) is 72.1 cm³/mol. The molecule has 0 radical (unpaired) electrons. The lowest BCUT2D eigenvalue weighted by atomic mass is 9.80. The molecule has 0 aromatic carbocycles. The average molecular weight is 300 g/mol. The maximum atomic E-state index is 11.4. The third-order valence-electron chi connectivity index (χ3n) is 3.32. The Morgan fingerprint density at radius 1 is 1.35 bits per heavy atom. The van der Waals surface area contributed by atoms with Crippen molar-refractivity contribution in [1.82, 2.24) is 9.97 Å². The number of hydrogen-bond donors (Lipinski definition) is 2. The molecule has 1 aromatic rings. The first-order valence-electron chi connectivity index (χ1n) is 6.06. The fourth-order valence-corrected chi connectivity index (χ4v) is 3.07. The quantitative estimate of drug-likeness (QED) is 0.883. The van der Waals surface area contributed by atoms with Gasteiger partial charge < -0.3 is 10.3 Å². The van der Waals surface area contributed by atoms with E-state index >= 15 is 0 Å². The summed E-state index contributed by atoms with van der Waals surface area (Å²) >= 11 is 3.27. The molecule has 94 valence electrons. The molecule has 0 aliphatic heterocycles. The monoisotopic (exact) mass is 299 g/mol. The van der Waals surface area contributed by atoms with Gasteiger partial charge in [0.15, 0.2) is 0 Å². The fraction of sp³-hybridized carbons (Fsp3) is 0.667. The van der Waals surface area contributed by atoms with Gasteiger partial charge in [0.2, 0.25) is 0 Å². The number of halogens is 1. The van der Waals surface area contributed by atoms with Crippen molar-refractivity contribution in [2.45, 2.75) is 39.2 Å². The van der Waals surface area contributed by atoms with Gasteiger partial charge in [-0.1, -0.05) is 13.8 Å². The van der Waals surface area contributed by atoms with Gasteiger partial charge in [0.1, 0.15) is 10.3 Å². The van der Waals surface area contributed by atoms with Crippen molar-refractivity contribution in [3.8, 4) is 0 Å². The lowest BCUT2D eigenvalue weighted by Crippen LogP contribution is -2.31. The Hall–Kier alpha value is -0.840. The molecular formula is C12H18BrN3O. The molecule has 1 aromatic heterocycles. The van der Waals surface area contributed by atoms with Gasteiger partial charge in [-0.3, -0.25) is 4.79 Å². The highest BCUT2D eigenvalue weighted by Crippen LogP contribution is 2.30. The minimum Gasteiger partial charge on any atom is -0.366 e. The first-order valence-corrected chi connectivity index (χ1v) is 6.85.